The van der Waals surface area contributed by atoms with Crippen LogP contribution in [-0.4, -0.2) is 26.4 Å². The summed E-state index contributed by atoms with van der Waals surface area (Å²) in [5, 5.41) is 18.8. The first-order valence-electron chi connectivity index (χ1n) is 4.16. The predicted octanol–water partition coefficient (Wildman–Crippen LogP) is 1.21. The molecule has 0 aliphatic carbocycles. The molecule has 0 spiro atoms. The van der Waals surface area contributed by atoms with E-state index in [1.165, 1.54) is 12.3 Å². The molecular formula is C9H7FN4O. The molecule has 1 heterocycles. The van der Waals surface area contributed by atoms with Crippen molar-refractivity contribution in [2.75, 3.05) is 0 Å². The van der Waals surface area contributed by atoms with Crippen molar-refractivity contribution >= 4 is 6.21 Å². The zero-order valence-corrected chi connectivity index (χ0v) is 7.58. The molecule has 0 bridgehead atoms. The lowest BCUT2D eigenvalue weighted by molar-refractivity contribution is 0.321. The second kappa shape index (κ2) is 3.87. The standard InChI is InChI=1S/C9H7FN4O/c10-8-3-1-2-4-9(8)14-11-5-7(13-14)6-12-15/h1-6,15H/b12-6+. The van der Waals surface area contributed by atoms with Crippen molar-refractivity contribution in [3.8, 4) is 5.69 Å². The average molecular weight is 206 g/mol. The zero-order chi connectivity index (χ0) is 10.7. The van der Waals surface area contributed by atoms with Crippen LogP contribution < -0.4 is 0 Å². The third kappa shape index (κ3) is 1.83. The number of rotatable bonds is 2. The van der Waals surface area contributed by atoms with Crippen LogP contribution in [0.3, 0.4) is 0 Å². The van der Waals surface area contributed by atoms with Crippen LogP contribution in [-0.2, 0) is 0 Å². The summed E-state index contributed by atoms with van der Waals surface area (Å²) in [5.74, 6) is -0.416. The van der Waals surface area contributed by atoms with Crippen LogP contribution in [0.5, 0.6) is 0 Å². The Kier molecular flexibility index (Phi) is 2.40. The van der Waals surface area contributed by atoms with Crippen molar-refractivity contribution in [3.05, 3.63) is 42.0 Å². The van der Waals surface area contributed by atoms with Gasteiger partial charge in [-0.05, 0) is 12.1 Å². The Morgan fingerprint density at radius 3 is 2.93 bits per heavy atom. The Labute approximate surface area is 84.5 Å². The molecule has 0 saturated carbocycles. The summed E-state index contributed by atoms with van der Waals surface area (Å²) in [6, 6.07) is 6.13. The molecule has 0 aliphatic rings. The maximum Gasteiger partial charge on any atom is 0.150 e. The van der Waals surface area contributed by atoms with E-state index in [-0.39, 0.29) is 5.69 Å². The van der Waals surface area contributed by atoms with E-state index in [9.17, 15) is 4.39 Å². The van der Waals surface area contributed by atoms with Gasteiger partial charge in [0.25, 0.3) is 0 Å². The van der Waals surface area contributed by atoms with Crippen molar-refractivity contribution in [2.24, 2.45) is 5.16 Å². The lowest BCUT2D eigenvalue weighted by atomic mass is 10.3. The van der Waals surface area contributed by atoms with Crippen LogP contribution in [0.25, 0.3) is 5.69 Å². The highest BCUT2D eigenvalue weighted by Gasteiger charge is 2.05. The minimum atomic E-state index is -0.416. The van der Waals surface area contributed by atoms with Gasteiger partial charge in [0.15, 0.2) is 5.82 Å². The Morgan fingerprint density at radius 1 is 1.40 bits per heavy atom. The molecule has 0 amide bonds. The monoisotopic (exact) mass is 206 g/mol. The molecule has 0 atom stereocenters. The Morgan fingerprint density at radius 2 is 2.20 bits per heavy atom. The van der Waals surface area contributed by atoms with Crippen molar-refractivity contribution < 1.29 is 9.60 Å². The number of oxime groups is 1. The van der Waals surface area contributed by atoms with Crippen molar-refractivity contribution in [1.82, 2.24) is 15.0 Å². The van der Waals surface area contributed by atoms with Gasteiger partial charge in [-0.1, -0.05) is 17.3 Å². The molecule has 2 aromatic rings. The summed E-state index contributed by atoms with van der Waals surface area (Å²) in [6.45, 7) is 0. The normalized spacial score (nSPS) is 11.0. The smallest absolute Gasteiger partial charge is 0.150 e. The van der Waals surface area contributed by atoms with Crippen LogP contribution >= 0.6 is 0 Å². The molecule has 1 N–H and O–H groups in total. The first kappa shape index (κ1) is 9.32. The molecule has 5 nitrogen and oxygen atoms in total. The highest BCUT2D eigenvalue weighted by atomic mass is 19.1. The lowest BCUT2D eigenvalue weighted by Gasteiger charge is -1.99. The SMILES string of the molecule is O/N=C/c1cnn(-c2ccccc2F)n1. The first-order chi connectivity index (χ1) is 7.31. The number of nitrogens with zero attached hydrogens (tertiary/aromatic N) is 4. The van der Waals surface area contributed by atoms with Gasteiger partial charge < -0.3 is 5.21 Å². The van der Waals surface area contributed by atoms with Gasteiger partial charge in [0.2, 0.25) is 0 Å². The van der Waals surface area contributed by atoms with Gasteiger partial charge in [0.05, 0.1) is 12.4 Å². The molecule has 1 aromatic heterocycles. The minimum Gasteiger partial charge on any atom is -0.411 e. The summed E-state index contributed by atoms with van der Waals surface area (Å²) in [5.41, 5.74) is 0.593. The van der Waals surface area contributed by atoms with Gasteiger partial charge in [-0.15, -0.1) is 9.90 Å². The van der Waals surface area contributed by atoms with E-state index in [0.717, 1.165) is 11.0 Å². The number of halogens is 1. The minimum absolute atomic E-state index is 0.245. The fourth-order valence-electron chi connectivity index (χ4n) is 1.12. The van der Waals surface area contributed by atoms with Crippen LogP contribution in [0.15, 0.2) is 35.6 Å². The highest BCUT2D eigenvalue weighted by molar-refractivity contribution is 5.75. The first-order valence-corrected chi connectivity index (χ1v) is 4.16. The number of hydrogen-bond donors (Lipinski definition) is 1. The molecule has 0 unspecified atom stereocenters. The summed E-state index contributed by atoms with van der Waals surface area (Å²) in [6.07, 6.45) is 2.48. The third-order valence-corrected chi connectivity index (χ3v) is 1.77. The Hall–Kier alpha value is -2.24. The van der Waals surface area contributed by atoms with E-state index in [2.05, 4.69) is 15.4 Å². The van der Waals surface area contributed by atoms with Gasteiger partial charge in [-0.25, -0.2) is 4.39 Å². The molecule has 15 heavy (non-hydrogen) atoms. The summed E-state index contributed by atoms with van der Waals surface area (Å²) in [4.78, 5) is 1.13. The summed E-state index contributed by atoms with van der Waals surface area (Å²) < 4.78 is 13.3. The van der Waals surface area contributed by atoms with Crippen molar-refractivity contribution in [2.45, 2.75) is 0 Å². The topological polar surface area (TPSA) is 63.3 Å². The molecule has 0 radical (unpaired) electrons. The summed E-state index contributed by atoms with van der Waals surface area (Å²) >= 11 is 0. The molecule has 76 valence electrons. The van der Waals surface area contributed by atoms with E-state index < -0.39 is 5.82 Å². The largest absolute Gasteiger partial charge is 0.411 e. The van der Waals surface area contributed by atoms with Gasteiger partial charge in [-0.3, -0.25) is 0 Å². The second-order valence-corrected chi connectivity index (χ2v) is 2.75. The number of aromatic nitrogens is 3. The fourth-order valence-corrected chi connectivity index (χ4v) is 1.12. The molecule has 0 saturated heterocycles. The van der Waals surface area contributed by atoms with Gasteiger partial charge >= 0.3 is 0 Å². The molecule has 6 heteroatoms. The van der Waals surface area contributed by atoms with E-state index in [1.54, 1.807) is 18.2 Å². The number of para-hydroxylation sites is 1. The van der Waals surface area contributed by atoms with E-state index >= 15 is 0 Å². The molecule has 0 aliphatic heterocycles. The maximum atomic E-state index is 13.3. The van der Waals surface area contributed by atoms with E-state index in [1.807, 2.05) is 0 Å². The van der Waals surface area contributed by atoms with Crippen LogP contribution in [0.1, 0.15) is 5.69 Å². The number of hydrogen-bond acceptors (Lipinski definition) is 4. The van der Waals surface area contributed by atoms with E-state index in [4.69, 9.17) is 5.21 Å². The van der Waals surface area contributed by atoms with E-state index in [0.29, 0.717) is 5.69 Å². The Bertz CT molecular complexity index is 494. The highest BCUT2D eigenvalue weighted by Crippen LogP contribution is 2.09. The molecule has 2 rings (SSSR count). The predicted molar refractivity (Wildman–Crippen MR) is 50.7 cm³/mol. The summed E-state index contributed by atoms with van der Waals surface area (Å²) in [7, 11) is 0. The molecule has 0 fully saturated rings. The molecule has 1 aromatic carbocycles. The third-order valence-electron chi connectivity index (χ3n) is 1.77. The van der Waals surface area contributed by atoms with Crippen LogP contribution in [0.4, 0.5) is 4.39 Å². The zero-order valence-electron chi connectivity index (χ0n) is 7.58. The lowest BCUT2D eigenvalue weighted by Crippen LogP contribution is -2.01. The molecular weight excluding hydrogens is 199 g/mol. The van der Waals surface area contributed by atoms with Crippen LogP contribution in [0.2, 0.25) is 0 Å². The average Bonchev–Trinajstić information content (AvgIpc) is 2.68. The van der Waals surface area contributed by atoms with Gasteiger partial charge in [0, 0.05) is 0 Å². The fraction of sp³-hybridized carbons (Fsp3) is 0. The van der Waals surface area contributed by atoms with Crippen molar-refractivity contribution in [1.29, 1.82) is 0 Å². The maximum absolute atomic E-state index is 13.3. The Balaban J connectivity index is 2.42. The van der Waals surface area contributed by atoms with Gasteiger partial charge in [-0.2, -0.15) is 5.10 Å². The number of benzene rings is 1. The van der Waals surface area contributed by atoms with Crippen molar-refractivity contribution in [3.63, 3.8) is 0 Å². The van der Waals surface area contributed by atoms with Crippen LogP contribution in [0, 0.1) is 5.82 Å². The second-order valence-electron chi connectivity index (χ2n) is 2.75. The van der Waals surface area contributed by atoms with Gasteiger partial charge in [0.1, 0.15) is 11.4 Å². The quantitative estimate of drug-likeness (QED) is 0.456.